The molecule has 0 aromatic rings. The van der Waals surface area contributed by atoms with Gasteiger partial charge in [-0.1, -0.05) is 33.6 Å². The van der Waals surface area contributed by atoms with Crippen LogP contribution in [0.15, 0.2) is 0 Å². The highest BCUT2D eigenvalue weighted by Gasteiger charge is 2.35. The number of rotatable bonds is 8. The van der Waals surface area contributed by atoms with Crippen LogP contribution in [0.3, 0.4) is 0 Å². The molecule has 0 radical (unpaired) electrons. The summed E-state index contributed by atoms with van der Waals surface area (Å²) in [5.41, 5.74) is -0.729. The highest BCUT2D eigenvalue weighted by Crippen LogP contribution is 2.17. The Morgan fingerprint density at radius 1 is 1.33 bits per heavy atom. The van der Waals surface area contributed by atoms with Crippen molar-refractivity contribution in [2.45, 2.75) is 71.4 Å². The van der Waals surface area contributed by atoms with Crippen molar-refractivity contribution in [2.24, 2.45) is 0 Å². The number of carboxylic acids is 1. The fraction of sp³-hybridized carbons (Fsp3) is 0.917. The summed E-state index contributed by atoms with van der Waals surface area (Å²) in [6.45, 7) is 8.07. The molecule has 0 saturated carbocycles. The normalized spacial score (nSPS) is 13.9. The molecule has 90 valence electrons. The summed E-state index contributed by atoms with van der Waals surface area (Å²) in [5.74, 6) is -0.726. The lowest BCUT2D eigenvalue weighted by atomic mass is 9.91. The molecule has 1 atom stereocenters. The SMILES string of the molecule is CCCCC(C)NC(CC)(CC)C(=O)O. The number of carboxylic acid groups (broad SMARTS) is 1. The zero-order valence-electron chi connectivity index (χ0n) is 10.5. The van der Waals surface area contributed by atoms with E-state index in [0.29, 0.717) is 12.8 Å². The predicted octanol–water partition coefficient (Wildman–Crippen LogP) is 2.80. The van der Waals surface area contributed by atoms with Crippen molar-refractivity contribution in [3.05, 3.63) is 0 Å². The van der Waals surface area contributed by atoms with Crippen LogP contribution in [-0.4, -0.2) is 22.7 Å². The van der Waals surface area contributed by atoms with Gasteiger partial charge in [0, 0.05) is 6.04 Å². The number of nitrogens with one attached hydrogen (secondary N) is 1. The molecule has 0 saturated heterocycles. The van der Waals surface area contributed by atoms with Gasteiger partial charge in [0.1, 0.15) is 5.54 Å². The zero-order chi connectivity index (χ0) is 11.9. The number of aliphatic carboxylic acids is 1. The highest BCUT2D eigenvalue weighted by atomic mass is 16.4. The van der Waals surface area contributed by atoms with Crippen LogP contribution in [0.4, 0.5) is 0 Å². The molecule has 0 heterocycles. The van der Waals surface area contributed by atoms with E-state index >= 15 is 0 Å². The summed E-state index contributed by atoms with van der Waals surface area (Å²) in [7, 11) is 0. The van der Waals surface area contributed by atoms with E-state index < -0.39 is 11.5 Å². The summed E-state index contributed by atoms with van der Waals surface area (Å²) in [5, 5.41) is 12.5. The molecule has 3 heteroatoms. The first-order valence-electron chi connectivity index (χ1n) is 6.03. The maximum atomic E-state index is 11.2. The van der Waals surface area contributed by atoms with E-state index in [-0.39, 0.29) is 6.04 Å². The van der Waals surface area contributed by atoms with Crippen LogP contribution in [0, 0.1) is 0 Å². The van der Waals surface area contributed by atoms with Gasteiger partial charge in [-0.25, -0.2) is 0 Å². The molecule has 1 unspecified atom stereocenters. The largest absolute Gasteiger partial charge is 0.480 e. The monoisotopic (exact) mass is 215 g/mol. The van der Waals surface area contributed by atoms with Gasteiger partial charge in [0.05, 0.1) is 0 Å². The lowest BCUT2D eigenvalue weighted by molar-refractivity contribution is -0.145. The van der Waals surface area contributed by atoms with Gasteiger partial charge in [-0.2, -0.15) is 0 Å². The Labute approximate surface area is 93.3 Å². The molecule has 15 heavy (non-hydrogen) atoms. The molecule has 0 aliphatic heterocycles. The Morgan fingerprint density at radius 3 is 2.20 bits per heavy atom. The van der Waals surface area contributed by atoms with Crippen molar-refractivity contribution in [1.29, 1.82) is 0 Å². The van der Waals surface area contributed by atoms with Gasteiger partial charge in [0.15, 0.2) is 0 Å². The molecule has 0 fully saturated rings. The molecule has 3 nitrogen and oxygen atoms in total. The maximum Gasteiger partial charge on any atom is 0.323 e. The third-order valence-corrected chi connectivity index (χ3v) is 3.13. The lowest BCUT2D eigenvalue weighted by Gasteiger charge is -2.31. The van der Waals surface area contributed by atoms with Crippen LogP contribution >= 0.6 is 0 Å². The summed E-state index contributed by atoms with van der Waals surface area (Å²) in [6.07, 6.45) is 4.62. The Hall–Kier alpha value is -0.570. The minimum atomic E-state index is -0.729. The van der Waals surface area contributed by atoms with Gasteiger partial charge < -0.3 is 5.11 Å². The van der Waals surface area contributed by atoms with Crippen LogP contribution < -0.4 is 5.32 Å². The van der Waals surface area contributed by atoms with Gasteiger partial charge in [-0.05, 0) is 26.2 Å². The molecule has 0 aliphatic rings. The number of carbonyl (C=O) groups is 1. The molecule has 0 amide bonds. The lowest BCUT2D eigenvalue weighted by Crippen LogP contribution is -2.54. The first-order chi connectivity index (χ1) is 7.02. The van der Waals surface area contributed by atoms with Crippen molar-refractivity contribution >= 4 is 5.97 Å². The highest BCUT2D eigenvalue weighted by molar-refractivity contribution is 5.78. The van der Waals surface area contributed by atoms with Crippen molar-refractivity contribution in [3.63, 3.8) is 0 Å². The molecular formula is C12H25NO2. The van der Waals surface area contributed by atoms with Gasteiger partial charge in [-0.3, -0.25) is 10.1 Å². The van der Waals surface area contributed by atoms with Crippen LogP contribution in [0.2, 0.25) is 0 Å². The Morgan fingerprint density at radius 2 is 1.87 bits per heavy atom. The smallest absolute Gasteiger partial charge is 0.323 e. The molecule has 0 rings (SSSR count). The zero-order valence-corrected chi connectivity index (χ0v) is 10.5. The van der Waals surface area contributed by atoms with E-state index in [1.807, 2.05) is 13.8 Å². The van der Waals surface area contributed by atoms with Crippen LogP contribution in [0.25, 0.3) is 0 Å². The van der Waals surface area contributed by atoms with Gasteiger partial charge in [0.25, 0.3) is 0 Å². The second-order valence-corrected chi connectivity index (χ2v) is 4.28. The molecular weight excluding hydrogens is 190 g/mol. The minimum Gasteiger partial charge on any atom is -0.480 e. The van der Waals surface area contributed by atoms with Crippen LogP contribution in [-0.2, 0) is 4.79 Å². The van der Waals surface area contributed by atoms with Crippen LogP contribution in [0.5, 0.6) is 0 Å². The van der Waals surface area contributed by atoms with Crippen LogP contribution in [0.1, 0.15) is 59.8 Å². The fourth-order valence-electron chi connectivity index (χ4n) is 1.87. The van der Waals surface area contributed by atoms with E-state index in [2.05, 4.69) is 19.2 Å². The van der Waals surface area contributed by atoms with Crippen molar-refractivity contribution < 1.29 is 9.90 Å². The van der Waals surface area contributed by atoms with Crippen molar-refractivity contribution in [1.82, 2.24) is 5.32 Å². The average Bonchev–Trinajstić information content (AvgIpc) is 2.22. The van der Waals surface area contributed by atoms with Gasteiger partial charge in [0.2, 0.25) is 0 Å². The first kappa shape index (κ1) is 14.4. The summed E-state index contributed by atoms with van der Waals surface area (Å²) in [6, 6.07) is 0.279. The summed E-state index contributed by atoms with van der Waals surface area (Å²) < 4.78 is 0. The Balaban J connectivity index is 4.33. The summed E-state index contributed by atoms with van der Waals surface area (Å²) in [4.78, 5) is 11.2. The van der Waals surface area contributed by atoms with E-state index in [0.717, 1.165) is 19.3 Å². The number of hydrogen-bond acceptors (Lipinski definition) is 2. The molecule has 2 N–H and O–H groups in total. The third-order valence-electron chi connectivity index (χ3n) is 3.13. The molecule has 0 spiro atoms. The van der Waals surface area contributed by atoms with Gasteiger partial charge >= 0.3 is 5.97 Å². The summed E-state index contributed by atoms with van der Waals surface area (Å²) >= 11 is 0. The van der Waals surface area contributed by atoms with E-state index in [4.69, 9.17) is 0 Å². The molecule has 0 aromatic carbocycles. The topological polar surface area (TPSA) is 49.3 Å². The van der Waals surface area contributed by atoms with E-state index in [9.17, 15) is 9.90 Å². The first-order valence-corrected chi connectivity index (χ1v) is 6.03. The van der Waals surface area contributed by atoms with E-state index in [1.54, 1.807) is 0 Å². The fourth-order valence-corrected chi connectivity index (χ4v) is 1.87. The predicted molar refractivity (Wildman–Crippen MR) is 63.1 cm³/mol. The van der Waals surface area contributed by atoms with Gasteiger partial charge in [-0.15, -0.1) is 0 Å². The minimum absolute atomic E-state index is 0.279. The number of hydrogen-bond donors (Lipinski definition) is 2. The third kappa shape index (κ3) is 4.20. The Bertz CT molecular complexity index is 188. The molecule has 0 aromatic heterocycles. The van der Waals surface area contributed by atoms with Crippen molar-refractivity contribution in [3.8, 4) is 0 Å². The number of unbranched alkanes of at least 4 members (excludes halogenated alkanes) is 1. The Kier molecular flexibility index (Phi) is 6.57. The van der Waals surface area contributed by atoms with E-state index in [1.165, 1.54) is 0 Å². The second-order valence-electron chi connectivity index (χ2n) is 4.28. The second kappa shape index (κ2) is 6.83. The molecule has 0 bridgehead atoms. The maximum absolute atomic E-state index is 11.2. The van der Waals surface area contributed by atoms with Crippen molar-refractivity contribution in [2.75, 3.05) is 0 Å². The quantitative estimate of drug-likeness (QED) is 0.654. The molecule has 0 aliphatic carbocycles. The standard InChI is InChI=1S/C12H25NO2/c1-5-8-9-10(4)13-12(6-2,7-3)11(14)15/h10,13H,5-9H2,1-4H3,(H,14,15). The average molecular weight is 215 g/mol.